The van der Waals surface area contributed by atoms with Gasteiger partial charge in [0.05, 0.1) is 5.25 Å². The van der Waals surface area contributed by atoms with Crippen LogP contribution >= 0.6 is 11.8 Å². The highest BCUT2D eigenvalue weighted by Gasteiger charge is 2.18. The lowest BCUT2D eigenvalue weighted by molar-refractivity contribution is -0.645. The van der Waals surface area contributed by atoms with Crippen LogP contribution in [0.1, 0.15) is 12.5 Å². The topological polar surface area (TPSA) is 65.3 Å². The SMILES string of the molecule is CC(Sc1cccc[n+]1[O-])C(=O)Nc1ccc(OCc2ccccc2)cc1. The minimum Gasteiger partial charge on any atom is -0.618 e. The van der Waals surface area contributed by atoms with Gasteiger partial charge in [-0.15, -0.1) is 0 Å². The molecule has 1 amide bonds. The van der Waals surface area contributed by atoms with E-state index in [4.69, 9.17) is 4.74 Å². The van der Waals surface area contributed by atoms with Crippen molar-refractivity contribution >= 4 is 23.4 Å². The van der Waals surface area contributed by atoms with E-state index in [0.29, 0.717) is 17.3 Å². The van der Waals surface area contributed by atoms with Gasteiger partial charge in [-0.2, -0.15) is 4.73 Å². The van der Waals surface area contributed by atoms with Gasteiger partial charge in [0.15, 0.2) is 6.20 Å². The van der Waals surface area contributed by atoms with E-state index in [0.717, 1.165) is 16.0 Å². The summed E-state index contributed by atoms with van der Waals surface area (Å²) in [5, 5.41) is 14.6. The minimum absolute atomic E-state index is 0.165. The van der Waals surface area contributed by atoms with Gasteiger partial charge in [0, 0.05) is 17.8 Å². The Labute approximate surface area is 162 Å². The number of amides is 1. The first-order valence-electron chi connectivity index (χ1n) is 8.54. The Kier molecular flexibility index (Phi) is 6.33. The van der Waals surface area contributed by atoms with E-state index >= 15 is 0 Å². The fourth-order valence-electron chi connectivity index (χ4n) is 2.36. The van der Waals surface area contributed by atoms with Gasteiger partial charge in [0.1, 0.15) is 12.4 Å². The third kappa shape index (κ3) is 5.49. The lowest BCUT2D eigenvalue weighted by atomic mass is 10.2. The quantitative estimate of drug-likeness (QED) is 0.382. The van der Waals surface area contributed by atoms with Gasteiger partial charge < -0.3 is 15.3 Å². The Morgan fingerprint density at radius 3 is 2.48 bits per heavy atom. The van der Waals surface area contributed by atoms with E-state index in [1.807, 2.05) is 42.5 Å². The van der Waals surface area contributed by atoms with Crippen LogP contribution in [0.3, 0.4) is 0 Å². The van der Waals surface area contributed by atoms with Crippen LogP contribution in [0.5, 0.6) is 5.75 Å². The van der Waals surface area contributed by atoms with E-state index < -0.39 is 5.25 Å². The molecule has 5 nitrogen and oxygen atoms in total. The Hall–Kier alpha value is -2.99. The number of pyridine rings is 1. The molecule has 3 rings (SSSR count). The Morgan fingerprint density at radius 1 is 1.07 bits per heavy atom. The number of benzene rings is 2. The molecule has 1 atom stereocenters. The number of hydrogen-bond acceptors (Lipinski definition) is 4. The second-order valence-electron chi connectivity index (χ2n) is 5.91. The average molecular weight is 380 g/mol. The maximum absolute atomic E-state index is 12.3. The van der Waals surface area contributed by atoms with Gasteiger partial charge in [-0.25, -0.2) is 0 Å². The molecule has 1 aromatic heterocycles. The van der Waals surface area contributed by atoms with Crippen molar-refractivity contribution in [1.82, 2.24) is 0 Å². The first-order chi connectivity index (χ1) is 13.1. The molecule has 138 valence electrons. The van der Waals surface area contributed by atoms with Gasteiger partial charge in [-0.3, -0.25) is 4.79 Å². The van der Waals surface area contributed by atoms with Crippen molar-refractivity contribution in [2.45, 2.75) is 23.8 Å². The monoisotopic (exact) mass is 380 g/mol. The molecule has 2 aromatic carbocycles. The molecular formula is C21H20N2O3S. The predicted octanol–water partition coefficient (Wildman–Crippen LogP) is 4.02. The largest absolute Gasteiger partial charge is 0.618 e. The van der Waals surface area contributed by atoms with Gasteiger partial charge in [-0.1, -0.05) is 30.3 Å². The lowest BCUT2D eigenvalue weighted by Gasteiger charge is -2.12. The second kappa shape index (κ2) is 9.09. The van der Waals surface area contributed by atoms with Crippen LogP contribution in [0.15, 0.2) is 84.0 Å². The highest BCUT2D eigenvalue weighted by molar-refractivity contribution is 8.00. The van der Waals surface area contributed by atoms with Crippen molar-refractivity contribution in [1.29, 1.82) is 0 Å². The Morgan fingerprint density at radius 2 is 1.78 bits per heavy atom. The third-order valence-electron chi connectivity index (χ3n) is 3.83. The van der Waals surface area contributed by atoms with Gasteiger partial charge in [0.25, 0.3) is 5.03 Å². The maximum Gasteiger partial charge on any atom is 0.252 e. The highest BCUT2D eigenvalue weighted by atomic mass is 32.2. The maximum atomic E-state index is 12.3. The standard InChI is InChI=1S/C21H20N2O3S/c1-16(27-20-9-5-6-14-23(20)25)21(24)22-18-10-12-19(13-11-18)26-15-17-7-3-2-4-8-17/h2-14,16H,15H2,1H3,(H,22,24). The number of anilines is 1. The van der Waals surface area contributed by atoms with Crippen molar-refractivity contribution in [3.8, 4) is 5.75 Å². The number of rotatable bonds is 7. The summed E-state index contributed by atoms with van der Waals surface area (Å²) in [6.07, 6.45) is 1.42. The number of ether oxygens (including phenoxy) is 1. The van der Waals surface area contributed by atoms with Crippen LogP contribution in [0.2, 0.25) is 0 Å². The summed E-state index contributed by atoms with van der Waals surface area (Å²) >= 11 is 1.22. The van der Waals surface area contributed by atoms with E-state index in [9.17, 15) is 10.0 Å². The summed E-state index contributed by atoms with van der Waals surface area (Å²) in [6, 6.07) is 22.3. The molecule has 1 N–H and O–H groups in total. The number of nitrogens with zero attached hydrogens (tertiary/aromatic N) is 1. The fraction of sp³-hybridized carbons (Fsp3) is 0.143. The molecule has 27 heavy (non-hydrogen) atoms. The molecule has 6 heteroatoms. The molecule has 0 bridgehead atoms. The van der Waals surface area contributed by atoms with E-state index in [-0.39, 0.29) is 5.91 Å². The first-order valence-corrected chi connectivity index (χ1v) is 9.42. The molecule has 3 aromatic rings. The molecule has 1 unspecified atom stereocenters. The summed E-state index contributed by atoms with van der Waals surface area (Å²) in [5.74, 6) is 0.567. The van der Waals surface area contributed by atoms with Crippen LogP contribution in [0, 0.1) is 5.21 Å². The number of carbonyl (C=O) groups is 1. The molecular weight excluding hydrogens is 360 g/mol. The van der Waals surface area contributed by atoms with Crippen molar-refractivity contribution in [2.24, 2.45) is 0 Å². The second-order valence-corrected chi connectivity index (χ2v) is 7.27. The minimum atomic E-state index is -0.401. The zero-order valence-electron chi connectivity index (χ0n) is 14.9. The predicted molar refractivity (Wildman–Crippen MR) is 107 cm³/mol. The summed E-state index contributed by atoms with van der Waals surface area (Å²) in [7, 11) is 0. The fourth-order valence-corrected chi connectivity index (χ4v) is 3.21. The molecule has 0 aliphatic heterocycles. The molecule has 0 aliphatic rings. The van der Waals surface area contributed by atoms with Crippen LogP contribution in [0.25, 0.3) is 0 Å². The lowest BCUT2D eigenvalue weighted by Crippen LogP contribution is -2.30. The van der Waals surface area contributed by atoms with Crippen LogP contribution in [0.4, 0.5) is 5.69 Å². The Bertz CT molecular complexity index is 885. The summed E-state index contributed by atoms with van der Waals surface area (Å²) in [5.41, 5.74) is 1.78. The van der Waals surface area contributed by atoms with Gasteiger partial charge in [-0.05, 0) is 54.6 Å². The zero-order valence-corrected chi connectivity index (χ0v) is 15.7. The highest BCUT2D eigenvalue weighted by Crippen LogP contribution is 2.22. The summed E-state index contributed by atoms with van der Waals surface area (Å²) < 4.78 is 6.49. The van der Waals surface area contributed by atoms with Crippen molar-refractivity contribution < 1.29 is 14.3 Å². The first kappa shape index (κ1) is 18.8. The number of carbonyl (C=O) groups excluding carboxylic acids is 1. The summed E-state index contributed by atoms with van der Waals surface area (Å²) in [6.45, 7) is 2.26. The van der Waals surface area contributed by atoms with E-state index in [1.54, 1.807) is 37.3 Å². The molecule has 0 spiro atoms. The van der Waals surface area contributed by atoms with E-state index in [1.165, 1.54) is 18.0 Å². The molecule has 0 aliphatic carbocycles. The molecule has 0 saturated heterocycles. The van der Waals surface area contributed by atoms with E-state index in [2.05, 4.69) is 5.32 Å². The number of hydrogen-bond donors (Lipinski definition) is 1. The normalized spacial score (nSPS) is 11.6. The van der Waals surface area contributed by atoms with Gasteiger partial charge in [0.2, 0.25) is 5.91 Å². The molecule has 0 saturated carbocycles. The van der Waals surface area contributed by atoms with Gasteiger partial charge >= 0.3 is 0 Å². The zero-order chi connectivity index (χ0) is 19.1. The van der Waals surface area contributed by atoms with Crippen LogP contribution in [-0.2, 0) is 11.4 Å². The van der Waals surface area contributed by atoms with Crippen LogP contribution in [-0.4, -0.2) is 11.2 Å². The molecule has 0 fully saturated rings. The Balaban J connectivity index is 1.52. The molecule has 1 heterocycles. The van der Waals surface area contributed by atoms with Crippen molar-refractivity contribution in [3.05, 3.63) is 89.8 Å². The molecule has 0 radical (unpaired) electrons. The van der Waals surface area contributed by atoms with Crippen molar-refractivity contribution in [2.75, 3.05) is 5.32 Å². The van der Waals surface area contributed by atoms with Crippen molar-refractivity contribution in [3.63, 3.8) is 0 Å². The number of nitrogens with one attached hydrogen (secondary N) is 1. The number of thioether (sulfide) groups is 1. The number of aromatic nitrogens is 1. The average Bonchev–Trinajstić information content (AvgIpc) is 2.70. The third-order valence-corrected chi connectivity index (χ3v) is 4.95. The summed E-state index contributed by atoms with van der Waals surface area (Å²) in [4.78, 5) is 12.3. The smallest absolute Gasteiger partial charge is 0.252 e. The van der Waals surface area contributed by atoms with Crippen LogP contribution < -0.4 is 14.8 Å².